The van der Waals surface area contributed by atoms with Gasteiger partial charge < -0.3 is 5.73 Å². The third-order valence-corrected chi connectivity index (χ3v) is 3.79. The first-order valence-corrected chi connectivity index (χ1v) is 5.39. The van der Waals surface area contributed by atoms with Crippen LogP contribution in [0.4, 0.5) is 0 Å². The molecule has 0 amide bonds. The molecule has 0 spiro atoms. The summed E-state index contributed by atoms with van der Waals surface area (Å²) in [5, 5.41) is 0. The summed E-state index contributed by atoms with van der Waals surface area (Å²) in [4.78, 5) is 2.56. The molecule has 2 N–H and O–H groups in total. The maximum atomic E-state index is 6.10. The molecule has 2 atom stereocenters. The van der Waals surface area contributed by atoms with E-state index in [1.165, 1.54) is 0 Å². The summed E-state index contributed by atoms with van der Waals surface area (Å²) in [5.74, 6) is 0.713. The van der Waals surface area contributed by atoms with Crippen molar-refractivity contribution in [1.82, 2.24) is 4.90 Å². The zero-order chi connectivity index (χ0) is 10.2. The molecule has 0 aromatic heterocycles. The summed E-state index contributed by atoms with van der Waals surface area (Å²) in [6.07, 6.45) is 1.14. The molecule has 2 nitrogen and oxygen atoms in total. The lowest BCUT2D eigenvalue weighted by molar-refractivity contribution is 0.0896. The summed E-state index contributed by atoms with van der Waals surface area (Å²) < 4.78 is 0. The largest absolute Gasteiger partial charge is 0.326 e. The second-order valence-corrected chi connectivity index (χ2v) is 5.23. The smallest absolute Gasteiger partial charge is 0.0307 e. The molecule has 0 radical (unpaired) electrons. The molecule has 0 bridgehead atoms. The number of nitrogens with two attached hydrogens (primary N) is 1. The van der Waals surface area contributed by atoms with E-state index in [0.29, 0.717) is 18.0 Å². The molecule has 1 aliphatic heterocycles. The summed E-state index contributed by atoms with van der Waals surface area (Å²) in [6.45, 7) is 12.6. The molecule has 2 heteroatoms. The van der Waals surface area contributed by atoms with E-state index in [4.69, 9.17) is 5.73 Å². The van der Waals surface area contributed by atoms with Gasteiger partial charge in [0.15, 0.2) is 0 Å². The average molecular weight is 184 g/mol. The van der Waals surface area contributed by atoms with Crippen molar-refractivity contribution in [2.24, 2.45) is 11.7 Å². The van der Waals surface area contributed by atoms with Crippen molar-refractivity contribution in [3.63, 3.8) is 0 Å². The predicted molar refractivity (Wildman–Crippen MR) is 57.7 cm³/mol. The molecule has 0 aromatic rings. The van der Waals surface area contributed by atoms with Gasteiger partial charge in [0.25, 0.3) is 0 Å². The van der Waals surface area contributed by atoms with Gasteiger partial charge in [-0.1, -0.05) is 13.8 Å². The monoisotopic (exact) mass is 184 g/mol. The van der Waals surface area contributed by atoms with Gasteiger partial charge in [-0.3, -0.25) is 4.90 Å². The molecule has 1 saturated heterocycles. The minimum atomic E-state index is 0.184. The summed E-state index contributed by atoms with van der Waals surface area (Å²) in [5.41, 5.74) is 6.28. The van der Waals surface area contributed by atoms with E-state index >= 15 is 0 Å². The summed E-state index contributed by atoms with van der Waals surface area (Å²) >= 11 is 0. The lowest BCUT2D eigenvalue weighted by Gasteiger charge is -2.40. The second-order valence-electron chi connectivity index (χ2n) is 5.23. The van der Waals surface area contributed by atoms with E-state index in [1.807, 2.05) is 0 Å². The first-order valence-electron chi connectivity index (χ1n) is 5.39. The molecule has 0 aromatic carbocycles. The van der Waals surface area contributed by atoms with Crippen molar-refractivity contribution in [2.75, 3.05) is 6.54 Å². The molecular formula is C11H24N2. The van der Waals surface area contributed by atoms with E-state index in [1.54, 1.807) is 0 Å². The van der Waals surface area contributed by atoms with Crippen LogP contribution in [0.3, 0.4) is 0 Å². The van der Waals surface area contributed by atoms with Gasteiger partial charge in [0, 0.05) is 24.2 Å². The lowest BCUT2D eigenvalue weighted by Crippen LogP contribution is -2.53. The van der Waals surface area contributed by atoms with Crippen molar-refractivity contribution in [2.45, 2.75) is 58.7 Å². The van der Waals surface area contributed by atoms with Gasteiger partial charge in [-0.15, -0.1) is 0 Å². The van der Waals surface area contributed by atoms with Crippen LogP contribution in [-0.2, 0) is 0 Å². The van der Waals surface area contributed by atoms with Gasteiger partial charge in [-0.2, -0.15) is 0 Å². The lowest BCUT2D eigenvalue weighted by atomic mass is 9.93. The summed E-state index contributed by atoms with van der Waals surface area (Å²) in [6, 6.07) is 0.984. The van der Waals surface area contributed by atoms with Crippen LogP contribution >= 0.6 is 0 Å². The Kier molecular flexibility index (Phi) is 3.03. The third-order valence-electron chi connectivity index (χ3n) is 3.79. The van der Waals surface area contributed by atoms with Crippen LogP contribution in [0.1, 0.15) is 41.0 Å². The second kappa shape index (κ2) is 3.58. The van der Waals surface area contributed by atoms with Gasteiger partial charge in [0.1, 0.15) is 0 Å². The fourth-order valence-electron chi connectivity index (χ4n) is 2.22. The van der Waals surface area contributed by atoms with E-state index in [-0.39, 0.29) is 5.54 Å². The zero-order valence-corrected chi connectivity index (χ0v) is 9.67. The first kappa shape index (κ1) is 11.0. The number of hydrogen-bond acceptors (Lipinski definition) is 2. The zero-order valence-electron chi connectivity index (χ0n) is 9.67. The van der Waals surface area contributed by atoms with Gasteiger partial charge in [-0.05, 0) is 33.1 Å². The Balaban J connectivity index is 2.71. The molecule has 1 heterocycles. The molecule has 0 aliphatic carbocycles. The van der Waals surface area contributed by atoms with Crippen molar-refractivity contribution < 1.29 is 0 Å². The Labute approximate surface area is 82.5 Å². The highest BCUT2D eigenvalue weighted by molar-refractivity contribution is 5.00. The minimum absolute atomic E-state index is 0.184. The van der Waals surface area contributed by atoms with Gasteiger partial charge in [-0.25, -0.2) is 0 Å². The maximum Gasteiger partial charge on any atom is 0.0307 e. The van der Waals surface area contributed by atoms with Crippen LogP contribution in [0.2, 0.25) is 0 Å². The normalized spacial score (nSPS) is 31.2. The molecular weight excluding hydrogens is 160 g/mol. The van der Waals surface area contributed by atoms with Crippen LogP contribution in [0.15, 0.2) is 0 Å². The van der Waals surface area contributed by atoms with Crippen LogP contribution < -0.4 is 5.73 Å². The highest BCUT2D eigenvalue weighted by atomic mass is 15.3. The van der Waals surface area contributed by atoms with Gasteiger partial charge >= 0.3 is 0 Å². The maximum absolute atomic E-state index is 6.10. The molecule has 1 aliphatic rings. The van der Waals surface area contributed by atoms with E-state index in [0.717, 1.165) is 13.0 Å². The topological polar surface area (TPSA) is 29.3 Å². The van der Waals surface area contributed by atoms with Gasteiger partial charge in [0.2, 0.25) is 0 Å². The third kappa shape index (κ3) is 1.89. The molecule has 78 valence electrons. The number of nitrogens with zero attached hydrogens (tertiary/aromatic N) is 1. The van der Waals surface area contributed by atoms with Crippen LogP contribution in [0.5, 0.6) is 0 Å². The Morgan fingerprint density at radius 1 is 1.31 bits per heavy atom. The molecule has 13 heavy (non-hydrogen) atoms. The average Bonchev–Trinajstić information content (AvgIpc) is 2.26. The van der Waals surface area contributed by atoms with E-state index < -0.39 is 0 Å². The highest BCUT2D eigenvalue weighted by Crippen LogP contribution is 2.31. The van der Waals surface area contributed by atoms with Crippen molar-refractivity contribution in [1.29, 1.82) is 0 Å². The Bertz CT molecular complexity index is 175. The minimum Gasteiger partial charge on any atom is -0.326 e. The fraction of sp³-hybridized carbons (Fsp3) is 1.00. The molecule has 1 fully saturated rings. The highest BCUT2D eigenvalue weighted by Gasteiger charge is 2.41. The first-order chi connectivity index (χ1) is 5.87. The van der Waals surface area contributed by atoms with E-state index in [2.05, 4.69) is 39.5 Å². The SMILES string of the molecule is CC(C)C(C)N1CCC(N)C1(C)C. The standard InChI is InChI=1S/C11H24N2/c1-8(2)9(3)13-7-6-10(12)11(13,4)5/h8-10H,6-7,12H2,1-5H3. The number of likely N-dealkylation sites (tertiary alicyclic amines) is 1. The van der Waals surface area contributed by atoms with Crippen LogP contribution in [0.25, 0.3) is 0 Å². The molecule has 0 saturated carbocycles. The molecule has 1 rings (SSSR count). The quantitative estimate of drug-likeness (QED) is 0.709. The number of rotatable bonds is 2. The van der Waals surface area contributed by atoms with Crippen LogP contribution in [-0.4, -0.2) is 29.1 Å². The van der Waals surface area contributed by atoms with Crippen molar-refractivity contribution in [3.8, 4) is 0 Å². The van der Waals surface area contributed by atoms with Gasteiger partial charge in [0.05, 0.1) is 0 Å². The van der Waals surface area contributed by atoms with Crippen molar-refractivity contribution >= 4 is 0 Å². The van der Waals surface area contributed by atoms with Crippen molar-refractivity contribution in [3.05, 3.63) is 0 Å². The Morgan fingerprint density at radius 2 is 1.85 bits per heavy atom. The Hall–Kier alpha value is -0.0800. The van der Waals surface area contributed by atoms with E-state index in [9.17, 15) is 0 Å². The molecule has 2 unspecified atom stereocenters. The predicted octanol–water partition coefficient (Wildman–Crippen LogP) is 1.84. The summed E-state index contributed by atoms with van der Waals surface area (Å²) in [7, 11) is 0. The Morgan fingerprint density at radius 3 is 2.15 bits per heavy atom. The fourth-order valence-corrected chi connectivity index (χ4v) is 2.22. The number of hydrogen-bond donors (Lipinski definition) is 1. The van der Waals surface area contributed by atoms with Crippen LogP contribution in [0, 0.1) is 5.92 Å².